The number of rotatable bonds is 5. The molecule has 0 aliphatic carbocycles. The molecule has 2 rings (SSSR count). The fourth-order valence-electron chi connectivity index (χ4n) is 1.80. The van der Waals surface area contributed by atoms with Crippen molar-refractivity contribution < 1.29 is 13.2 Å². The van der Waals surface area contributed by atoms with Crippen molar-refractivity contribution >= 4 is 0 Å². The summed E-state index contributed by atoms with van der Waals surface area (Å²) in [5.74, 6) is -0.645. The number of likely N-dealkylation sites (N-methyl/N-ethyl adjacent to an activating group) is 1. The van der Waals surface area contributed by atoms with E-state index in [2.05, 4.69) is 10.3 Å². The predicted molar refractivity (Wildman–Crippen MR) is 68.8 cm³/mol. The Morgan fingerprint density at radius 2 is 2.11 bits per heavy atom. The molecule has 102 valence electrons. The van der Waals surface area contributed by atoms with E-state index in [-0.39, 0.29) is 11.3 Å². The molecular formula is C14H16F2N2O. The lowest BCUT2D eigenvalue weighted by molar-refractivity contribution is 0.488. The van der Waals surface area contributed by atoms with Crippen LogP contribution >= 0.6 is 0 Å². The highest BCUT2D eigenvalue weighted by Crippen LogP contribution is 2.28. The molecule has 0 unspecified atom stereocenters. The van der Waals surface area contributed by atoms with Gasteiger partial charge in [0.05, 0.1) is 11.8 Å². The summed E-state index contributed by atoms with van der Waals surface area (Å²) in [4.78, 5) is 4.04. The first-order chi connectivity index (χ1) is 9.13. The van der Waals surface area contributed by atoms with Gasteiger partial charge in [0.15, 0.2) is 11.7 Å². The molecule has 19 heavy (non-hydrogen) atoms. The molecule has 1 aromatic carbocycles. The van der Waals surface area contributed by atoms with E-state index in [0.717, 1.165) is 13.1 Å². The van der Waals surface area contributed by atoms with Gasteiger partial charge in [-0.2, -0.15) is 0 Å². The molecule has 1 N–H and O–H groups in total. The van der Waals surface area contributed by atoms with Crippen LogP contribution in [-0.2, 0) is 6.42 Å². The van der Waals surface area contributed by atoms with Crippen LogP contribution in [-0.4, -0.2) is 18.1 Å². The van der Waals surface area contributed by atoms with Crippen molar-refractivity contribution in [3.05, 3.63) is 41.4 Å². The van der Waals surface area contributed by atoms with Crippen LogP contribution in [0.15, 0.2) is 22.7 Å². The fraction of sp³-hybridized carbons (Fsp3) is 0.357. The third-order valence-corrected chi connectivity index (χ3v) is 2.85. The zero-order valence-electron chi connectivity index (χ0n) is 11.0. The monoisotopic (exact) mass is 266 g/mol. The van der Waals surface area contributed by atoms with Crippen LogP contribution in [0.1, 0.15) is 18.4 Å². The number of nitrogens with one attached hydrogen (secondary N) is 1. The Bertz CT molecular complexity index is 567. The third kappa shape index (κ3) is 2.98. The zero-order chi connectivity index (χ0) is 13.8. The van der Waals surface area contributed by atoms with Crippen molar-refractivity contribution in [3.63, 3.8) is 0 Å². The summed E-state index contributed by atoms with van der Waals surface area (Å²) in [6.45, 7) is 5.16. The van der Waals surface area contributed by atoms with Crippen molar-refractivity contribution in [3.8, 4) is 11.3 Å². The molecule has 0 amide bonds. The van der Waals surface area contributed by atoms with E-state index in [1.54, 1.807) is 6.92 Å². The van der Waals surface area contributed by atoms with Gasteiger partial charge in [0.25, 0.3) is 0 Å². The van der Waals surface area contributed by atoms with Gasteiger partial charge in [-0.05, 0) is 25.1 Å². The molecule has 0 spiro atoms. The number of hydrogen-bond acceptors (Lipinski definition) is 3. The third-order valence-electron chi connectivity index (χ3n) is 2.85. The molecule has 0 bridgehead atoms. The molecule has 0 fully saturated rings. The Morgan fingerprint density at radius 1 is 1.32 bits per heavy atom. The molecule has 3 nitrogen and oxygen atoms in total. The number of aromatic nitrogens is 1. The summed E-state index contributed by atoms with van der Waals surface area (Å²) in [7, 11) is 0. The number of hydrogen-bond donors (Lipinski definition) is 1. The lowest BCUT2D eigenvalue weighted by atomic mass is 10.1. The topological polar surface area (TPSA) is 38.1 Å². The zero-order valence-corrected chi connectivity index (χ0v) is 11.0. The number of halogens is 2. The minimum Gasteiger partial charge on any atom is -0.440 e. The summed E-state index contributed by atoms with van der Waals surface area (Å²) >= 11 is 0. The highest BCUT2D eigenvalue weighted by molar-refractivity contribution is 5.59. The molecule has 2 aromatic rings. The number of oxazole rings is 1. The lowest BCUT2D eigenvalue weighted by Crippen LogP contribution is -2.16. The standard InChI is InChI=1S/C14H16F2N2O/c1-3-17-7-6-12-18-8-11(19-12)13-10(15)5-4-9(2)14(13)16/h4-5,8,17H,3,6-7H2,1-2H3. The van der Waals surface area contributed by atoms with Gasteiger partial charge in [0, 0.05) is 13.0 Å². The summed E-state index contributed by atoms with van der Waals surface area (Å²) in [6.07, 6.45) is 1.95. The average molecular weight is 266 g/mol. The highest BCUT2D eigenvalue weighted by Gasteiger charge is 2.17. The maximum atomic E-state index is 13.9. The molecule has 1 heterocycles. The van der Waals surface area contributed by atoms with E-state index < -0.39 is 11.6 Å². The molecule has 0 saturated carbocycles. The van der Waals surface area contributed by atoms with Crippen LogP contribution < -0.4 is 5.32 Å². The quantitative estimate of drug-likeness (QED) is 0.845. The first kappa shape index (κ1) is 13.7. The van der Waals surface area contributed by atoms with E-state index in [9.17, 15) is 8.78 Å². The van der Waals surface area contributed by atoms with Gasteiger partial charge in [0.1, 0.15) is 11.6 Å². The van der Waals surface area contributed by atoms with Crippen molar-refractivity contribution in [1.82, 2.24) is 10.3 Å². The number of benzene rings is 1. The first-order valence-corrected chi connectivity index (χ1v) is 6.24. The van der Waals surface area contributed by atoms with Gasteiger partial charge < -0.3 is 9.73 Å². The fourth-order valence-corrected chi connectivity index (χ4v) is 1.80. The summed E-state index contributed by atoms with van der Waals surface area (Å²) in [6, 6.07) is 2.63. The molecule has 0 aliphatic rings. The van der Waals surface area contributed by atoms with E-state index in [1.807, 2.05) is 6.92 Å². The second kappa shape index (κ2) is 5.93. The summed E-state index contributed by atoms with van der Waals surface area (Å²) in [5.41, 5.74) is 0.226. The summed E-state index contributed by atoms with van der Waals surface area (Å²) < 4.78 is 33.0. The van der Waals surface area contributed by atoms with Gasteiger partial charge in [-0.3, -0.25) is 0 Å². The normalized spacial score (nSPS) is 10.9. The van der Waals surface area contributed by atoms with Crippen molar-refractivity contribution in [2.45, 2.75) is 20.3 Å². The molecule has 0 radical (unpaired) electrons. The highest BCUT2D eigenvalue weighted by atomic mass is 19.1. The SMILES string of the molecule is CCNCCc1ncc(-c2c(F)ccc(C)c2F)o1. The van der Waals surface area contributed by atoms with Crippen molar-refractivity contribution in [2.75, 3.05) is 13.1 Å². The Balaban J connectivity index is 2.25. The summed E-state index contributed by atoms with van der Waals surface area (Å²) in [5, 5.41) is 3.13. The maximum absolute atomic E-state index is 13.9. The smallest absolute Gasteiger partial charge is 0.196 e. The van der Waals surface area contributed by atoms with Gasteiger partial charge >= 0.3 is 0 Å². The van der Waals surface area contributed by atoms with Crippen LogP contribution in [0, 0.1) is 18.6 Å². The van der Waals surface area contributed by atoms with Crippen molar-refractivity contribution in [1.29, 1.82) is 0 Å². The second-order valence-electron chi connectivity index (χ2n) is 4.28. The van der Waals surface area contributed by atoms with Crippen LogP contribution in [0.4, 0.5) is 8.78 Å². The molecule has 0 aliphatic heterocycles. The molecular weight excluding hydrogens is 250 g/mol. The molecule has 1 aromatic heterocycles. The van der Waals surface area contributed by atoms with Crippen molar-refractivity contribution in [2.24, 2.45) is 0 Å². The lowest BCUT2D eigenvalue weighted by Gasteiger charge is -2.03. The van der Waals surface area contributed by atoms with Crippen LogP contribution in [0.25, 0.3) is 11.3 Å². The molecule has 0 atom stereocenters. The minimum absolute atomic E-state index is 0.130. The van der Waals surface area contributed by atoms with E-state index in [1.165, 1.54) is 18.3 Å². The number of nitrogens with zero attached hydrogens (tertiary/aromatic N) is 1. The largest absolute Gasteiger partial charge is 0.440 e. The van der Waals surface area contributed by atoms with Gasteiger partial charge in [-0.25, -0.2) is 13.8 Å². The van der Waals surface area contributed by atoms with Crippen LogP contribution in [0.5, 0.6) is 0 Å². The Kier molecular flexibility index (Phi) is 4.27. The minimum atomic E-state index is -0.641. The van der Waals surface area contributed by atoms with Gasteiger partial charge in [-0.15, -0.1) is 0 Å². The van der Waals surface area contributed by atoms with Gasteiger partial charge in [-0.1, -0.05) is 13.0 Å². The Morgan fingerprint density at radius 3 is 2.84 bits per heavy atom. The maximum Gasteiger partial charge on any atom is 0.196 e. The first-order valence-electron chi connectivity index (χ1n) is 6.24. The predicted octanol–water partition coefficient (Wildman–Crippen LogP) is 3.08. The molecule has 5 heteroatoms. The van der Waals surface area contributed by atoms with E-state index in [0.29, 0.717) is 17.9 Å². The Hall–Kier alpha value is -1.75. The van der Waals surface area contributed by atoms with Crippen LogP contribution in [0.2, 0.25) is 0 Å². The molecule has 0 saturated heterocycles. The Labute approximate surface area is 110 Å². The second-order valence-corrected chi connectivity index (χ2v) is 4.28. The van der Waals surface area contributed by atoms with Crippen LogP contribution in [0.3, 0.4) is 0 Å². The number of aryl methyl sites for hydroxylation is 1. The van der Waals surface area contributed by atoms with E-state index in [4.69, 9.17) is 4.42 Å². The van der Waals surface area contributed by atoms with Gasteiger partial charge in [0.2, 0.25) is 0 Å². The van der Waals surface area contributed by atoms with E-state index >= 15 is 0 Å². The average Bonchev–Trinajstić information content (AvgIpc) is 2.83.